The third-order valence-electron chi connectivity index (χ3n) is 5.22. The van der Waals surface area contributed by atoms with Crippen molar-refractivity contribution in [3.63, 3.8) is 0 Å². The van der Waals surface area contributed by atoms with Gasteiger partial charge in [0.25, 0.3) is 5.91 Å². The van der Waals surface area contributed by atoms with Crippen LogP contribution in [-0.4, -0.2) is 35.3 Å². The predicted molar refractivity (Wildman–Crippen MR) is 96.7 cm³/mol. The minimum Gasteiger partial charge on any atom is -0.493 e. The number of benzene rings is 1. The molecule has 2 aliphatic rings. The first-order chi connectivity index (χ1) is 12.6. The van der Waals surface area contributed by atoms with Crippen molar-refractivity contribution in [2.45, 2.75) is 44.4 Å². The maximum atomic E-state index is 12.8. The van der Waals surface area contributed by atoms with Gasteiger partial charge < -0.3 is 19.5 Å². The van der Waals surface area contributed by atoms with Crippen LogP contribution >= 0.6 is 0 Å². The highest BCUT2D eigenvalue weighted by molar-refractivity contribution is 6.10. The average Bonchev–Trinajstić information content (AvgIpc) is 3.17. The van der Waals surface area contributed by atoms with Gasteiger partial charge in [-0.3, -0.25) is 9.78 Å². The van der Waals surface area contributed by atoms with E-state index in [9.17, 15) is 9.90 Å². The molecule has 1 aromatic carbocycles. The third-order valence-corrected chi connectivity index (χ3v) is 5.22. The number of nitrogens with zero attached hydrogens (tertiary/aromatic N) is 2. The normalized spacial score (nSPS) is 24.7. The zero-order chi connectivity index (χ0) is 18.3. The van der Waals surface area contributed by atoms with Gasteiger partial charge in [-0.15, -0.1) is 0 Å². The molecule has 0 spiro atoms. The minimum absolute atomic E-state index is 0.0396. The van der Waals surface area contributed by atoms with Crippen LogP contribution in [0.5, 0.6) is 11.5 Å². The van der Waals surface area contributed by atoms with Crippen LogP contribution in [0.25, 0.3) is 0 Å². The summed E-state index contributed by atoms with van der Waals surface area (Å²) in [7, 11) is 1.59. The molecule has 1 N–H and O–H groups in total. The number of aliphatic hydroxyl groups is 1. The number of fused-ring (bicyclic) bond motifs is 1. The van der Waals surface area contributed by atoms with Gasteiger partial charge in [-0.25, -0.2) is 0 Å². The summed E-state index contributed by atoms with van der Waals surface area (Å²) in [6.45, 7) is 2.00. The van der Waals surface area contributed by atoms with Crippen molar-refractivity contribution in [3.8, 4) is 11.5 Å². The number of rotatable bonds is 4. The van der Waals surface area contributed by atoms with Crippen molar-refractivity contribution < 1.29 is 19.4 Å². The van der Waals surface area contributed by atoms with E-state index in [4.69, 9.17) is 9.47 Å². The number of amides is 1. The number of carbonyl (C=O) groups is 1. The van der Waals surface area contributed by atoms with Crippen molar-refractivity contribution in [1.29, 1.82) is 0 Å². The number of anilines is 1. The van der Waals surface area contributed by atoms with Crippen LogP contribution in [0, 0.1) is 0 Å². The molecular weight excluding hydrogens is 332 g/mol. The van der Waals surface area contributed by atoms with Gasteiger partial charge in [0.1, 0.15) is 6.10 Å². The molecule has 0 saturated heterocycles. The monoisotopic (exact) mass is 354 g/mol. The summed E-state index contributed by atoms with van der Waals surface area (Å²) in [4.78, 5) is 18.7. The van der Waals surface area contributed by atoms with E-state index in [1.807, 2.05) is 31.2 Å². The summed E-state index contributed by atoms with van der Waals surface area (Å²) in [5.41, 5.74) is 2.37. The molecule has 4 rings (SSSR count). The molecule has 3 unspecified atom stereocenters. The lowest BCUT2D eigenvalue weighted by Crippen LogP contribution is -2.26. The zero-order valence-corrected chi connectivity index (χ0v) is 14.9. The average molecular weight is 354 g/mol. The Morgan fingerprint density at radius 1 is 1.23 bits per heavy atom. The van der Waals surface area contributed by atoms with Gasteiger partial charge in [-0.1, -0.05) is 0 Å². The highest BCUT2D eigenvalue weighted by atomic mass is 16.5. The molecular formula is C20H22N2O4. The Kier molecular flexibility index (Phi) is 4.28. The molecule has 1 saturated carbocycles. The lowest BCUT2D eigenvalue weighted by molar-refractivity contribution is 0.0992. The number of hydrogen-bond acceptors (Lipinski definition) is 5. The molecule has 6 heteroatoms. The molecule has 0 bridgehead atoms. The SMILES string of the molecule is COc1ccc(N2C(=O)c3cnccc3C2C)cc1OC1CCC(O)C1. The number of aliphatic hydroxyl groups excluding tert-OH is 1. The lowest BCUT2D eigenvalue weighted by atomic mass is 10.1. The Morgan fingerprint density at radius 2 is 2.08 bits per heavy atom. The van der Waals surface area contributed by atoms with Crippen molar-refractivity contribution in [1.82, 2.24) is 4.98 Å². The Balaban J connectivity index is 1.65. The van der Waals surface area contributed by atoms with Crippen LogP contribution < -0.4 is 14.4 Å². The molecule has 1 aliphatic heterocycles. The largest absolute Gasteiger partial charge is 0.493 e. The van der Waals surface area contributed by atoms with E-state index in [0.29, 0.717) is 23.5 Å². The third kappa shape index (κ3) is 2.80. The highest BCUT2D eigenvalue weighted by Gasteiger charge is 2.35. The van der Waals surface area contributed by atoms with Crippen LogP contribution in [0.2, 0.25) is 0 Å². The van der Waals surface area contributed by atoms with Gasteiger partial charge in [-0.05, 0) is 43.5 Å². The molecule has 0 radical (unpaired) electrons. The number of carbonyl (C=O) groups excluding carboxylic acids is 1. The maximum absolute atomic E-state index is 12.8. The summed E-state index contributed by atoms with van der Waals surface area (Å²) in [6.07, 6.45) is 5.15. The topological polar surface area (TPSA) is 71.9 Å². The smallest absolute Gasteiger partial charge is 0.260 e. The van der Waals surface area contributed by atoms with E-state index < -0.39 is 0 Å². The summed E-state index contributed by atoms with van der Waals surface area (Å²) < 4.78 is 11.5. The fraction of sp³-hybridized carbons (Fsp3) is 0.400. The summed E-state index contributed by atoms with van der Waals surface area (Å²) in [5.74, 6) is 1.15. The summed E-state index contributed by atoms with van der Waals surface area (Å²) in [5, 5.41) is 9.73. The molecule has 2 heterocycles. The first kappa shape index (κ1) is 16.8. The van der Waals surface area contributed by atoms with Crippen molar-refractivity contribution in [3.05, 3.63) is 47.8 Å². The second-order valence-electron chi connectivity index (χ2n) is 6.86. The van der Waals surface area contributed by atoms with Crippen LogP contribution in [0.4, 0.5) is 5.69 Å². The van der Waals surface area contributed by atoms with Gasteiger partial charge in [-0.2, -0.15) is 0 Å². The van der Waals surface area contributed by atoms with Gasteiger partial charge in [0.15, 0.2) is 11.5 Å². The number of hydrogen-bond donors (Lipinski definition) is 1. The molecule has 6 nitrogen and oxygen atoms in total. The van der Waals surface area contributed by atoms with E-state index in [1.54, 1.807) is 24.4 Å². The van der Waals surface area contributed by atoms with Crippen LogP contribution in [0.1, 0.15) is 48.1 Å². The van der Waals surface area contributed by atoms with E-state index in [1.165, 1.54) is 0 Å². The van der Waals surface area contributed by atoms with Crippen molar-refractivity contribution >= 4 is 11.6 Å². The number of ether oxygens (including phenoxy) is 2. The molecule has 1 amide bonds. The minimum atomic E-state index is -0.309. The number of methoxy groups -OCH3 is 1. The number of aromatic nitrogens is 1. The molecule has 1 fully saturated rings. The van der Waals surface area contributed by atoms with Crippen molar-refractivity contribution in [2.75, 3.05) is 12.0 Å². The Morgan fingerprint density at radius 3 is 2.77 bits per heavy atom. The Bertz CT molecular complexity index is 838. The highest BCUT2D eigenvalue weighted by Crippen LogP contribution is 2.41. The second kappa shape index (κ2) is 6.61. The quantitative estimate of drug-likeness (QED) is 0.913. The first-order valence-corrected chi connectivity index (χ1v) is 8.88. The fourth-order valence-corrected chi connectivity index (χ4v) is 3.85. The Hall–Kier alpha value is -2.60. The van der Waals surface area contributed by atoms with E-state index in [2.05, 4.69) is 4.98 Å². The summed E-state index contributed by atoms with van der Waals surface area (Å²) >= 11 is 0. The van der Waals surface area contributed by atoms with Crippen LogP contribution in [0.15, 0.2) is 36.7 Å². The fourth-order valence-electron chi connectivity index (χ4n) is 3.85. The van der Waals surface area contributed by atoms with E-state index in [0.717, 1.165) is 24.1 Å². The summed E-state index contributed by atoms with van der Waals surface area (Å²) in [6, 6.07) is 7.34. The zero-order valence-electron chi connectivity index (χ0n) is 14.9. The maximum Gasteiger partial charge on any atom is 0.260 e. The standard InChI is InChI=1S/C20H22N2O4/c1-12-16-7-8-21-11-17(16)20(24)22(12)13-3-6-18(25-2)19(9-13)26-15-5-4-14(23)10-15/h3,6-9,11-12,14-15,23H,4-5,10H2,1-2H3. The van der Waals surface area contributed by atoms with E-state index >= 15 is 0 Å². The molecule has 1 aromatic heterocycles. The molecule has 3 atom stereocenters. The predicted octanol–water partition coefficient (Wildman–Crippen LogP) is 3.10. The lowest BCUT2D eigenvalue weighted by Gasteiger charge is -2.24. The van der Waals surface area contributed by atoms with Gasteiger partial charge in [0.2, 0.25) is 0 Å². The van der Waals surface area contributed by atoms with Gasteiger partial charge in [0, 0.05) is 30.6 Å². The second-order valence-corrected chi connectivity index (χ2v) is 6.86. The molecule has 2 aromatic rings. The number of pyridine rings is 1. The van der Waals surface area contributed by atoms with Gasteiger partial charge >= 0.3 is 0 Å². The van der Waals surface area contributed by atoms with E-state index in [-0.39, 0.29) is 24.2 Å². The first-order valence-electron chi connectivity index (χ1n) is 8.88. The van der Waals surface area contributed by atoms with Crippen LogP contribution in [-0.2, 0) is 0 Å². The van der Waals surface area contributed by atoms with Gasteiger partial charge in [0.05, 0.1) is 24.8 Å². The molecule has 136 valence electrons. The Labute approximate surface area is 152 Å². The van der Waals surface area contributed by atoms with Crippen molar-refractivity contribution in [2.24, 2.45) is 0 Å². The molecule has 1 aliphatic carbocycles. The molecule has 26 heavy (non-hydrogen) atoms. The van der Waals surface area contributed by atoms with Crippen LogP contribution in [0.3, 0.4) is 0 Å².